The number of amides is 5. The number of carboxylic acid groups (broad SMARTS) is 1. The van der Waals surface area contributed by atoms with Crippen LogP contribution in [0.1, 0.15) is 6.92 Å². The molecule has 0 spiro atoms. The van der Waals surface area contributed by atoms with Gasteiger partial charge in [-0.1, -0.05) is 6.08 Å². The number of carbonyl (C=O) groups excluding carboxylic acids is 4. The smallest absolute Gasteiger partial charge is 0.334 e. The molecule has 1 aliphatic heterocycles. The number of allylic oxidation sites excluding steroid dienone is 1. The fourth-order valence-electron chi connectivity index (χ4n) is 1.53. The summed E-state index contributed by atoms with van der Waals surface area (Å²) >= 11 is 0. The van der Waals surface area contributed by atoms with Crippen LogP contribution in [0.2, 0.25) is 0 Å². The molecule has 0 aromatic carbocycles. The number of urea groups is 1. The average Bonchev–Trinajstić information content (AvgIpc) is 2.39. The predicted molar refractivity (Wildman–Crippen MR) is 61.0 cm³/mol. The highest BCUT2D eigenvalue weighted by Gasteiger charge is 2.43. The summed E-state index contributed by atoms with van der Waals surface area (Å²) in [7, 11) is 0. The van der Waals surface area contributed by atoms with Gasteiger partial charge in [0.05, 0.1) is 0 Å². The SMILES string of the molecule is C/C=C1\C(=O)N(CC(=O)O)C(=O)N(CC(=O)N=O)C1=O. The molecule has 0 aliphatic carbocycles. The van der Waals surface area contributed by atoms with Gasteiger partial charge in [-0.25, -0.2) is 14.6 Å². The van der Waals surface area contributed by atoms with E-state index in [0.29, 0.717) is 4.90 Å². The molecule has 10 heteroatoms. The van der Waals surface area contributed by atoms with Crippen molar-refractivity contribution in [3.8, 4) is 0 Å². The number of hydrogen-bond acceptors (Lipinski definition) is 6. The van der Waals surface area contributed by atoms with Crippen LogP contribution in [0.15, 0.2) is 16.8 Å². The molecule has 1 aliphatic rings. The number of carboxylic acids is 1. The van der Waals surface area contributed by atoms with Gasteiger partial charge in [-0.05, 0) is 6.92 Å². The first kappa shape index (κ1) is 15.1. The Morgan fingerprint density at radius 3 is 2.05 bits per heavy atom. The molecular weight excluding hydrogens is 274 g/mol. The van der Waals surface area contributed by atoms with Crippen molar-refractivity contribution < 1.29 is 29.1 Å². The van der Waals surface area contributed by atoms with Crippen LogP contribution in [0, 0.1) is 4.91 Å². The minimum atomic E-state index is -1.48. The molecule has 0 aromatic heterocycles. The zero-order valence-electron chi connectivity index (χ0n) is 10.2. The number of rotatable bonds is 4. The Bertz CT molecular complexity index is 551. The van der Waals surface area contributed by atoms with E-state index in [-0.39, 0.29) is 4.90 Å². The second-order valence-electron chi connectivity index (χ2n) is 3.65. The Hall–Kier alpha value is -2.91. The third-order valence-electron chi connectivity index (χ3n) is 2.39. The number of imide groups is 2. The van der Waals surface area contributed by atoms with Crippen LogP contribution in [-0.2, 0) is 19.2 Å². The lowest BCUT2D eigenvalue weighted by atomic mass is 10.1. The molecular formula is C10H9N3O7. The van der Waals surface area contributed by atoms with Gasteiger partial charge < -0.3 is 5.11 Å². The fraction of sp³-hybridized carbons (Fsp3) is 0.300. The first-order valence-corrected chi connectivity index (χ1v) is 5.25. The topological polar surface area (TPSA) is 141 Å². The third-order valence-corrected chi connectivity index (χ3v) is 2.39. The van der Waals surface area contributed by atoms with E-state index in [1.54, 1.807) is 0 Å². The summed E-state index contributed by atoms with van der Waals surface area (Å²) < 4.78 is 0. The molecule has 1 fully saturated rings. The Labute approximate surface area is 111 Å². The number of nitroso groups, excluding NO2 is 1. The third kappa shape index (κ3) is 2.74. The quantitative estimate of drug-likeness (QED) is 0.400. The molecule has 0 aromatic rings. The van der Waals surface area contributed by atoms with Crippen molar-refractivity contribution in [1.29, 1.82) is 0 Å². The van der Waals surface area contributed by atoms with E-state index in [1.807, 2.05) is 5.18 Å². The van der Waals surface area contributed by atoms with Gasteiger partial charge in [0, 0.05) is 5.18 Å². The Morgan fingerprint density at radius 2 is 1.65 bits per heavy atom. The largest absolute Gasteiger partial charge is 0.480 e. The van der Waals surface area contributed by atoms with Crippen molar-refractivity contribution in [2.24, 2.45) is 5.18 Å². The van der Waals surface area contributed by atoms with Crippen molar-refractivity contribution in [2.75, 3.05) is 13.1 Å². The van der Waals surface area contributed by atoms with Gasteiger partial charge in [-0.15, -0.1) is 4.91 Å². The monoisotopic (exact) mass is 283 g/mol. The average molecular weight is 283 g/mol. The maximum Gasteiger partial charge on any atom is 0.334 e. The maximum atomic E-state index is 11.8. The summed E-state index contributed by atoms with van der Waals surface area (Å²) in [5.41, 5.74) is -0.468. The zero-order chi connectivity index (χ0) is 15.4. The Kier molecular flexibility index (Phi) is 4.41. The van der Waals surface area contributed by atoms with E-state index >= 15 is 0 Å². The van der Waals surface area contributed by atoms with Gasteiger partial charge in [0.25, 0.3) is 11.8 Å². The minimum Gasteiger partial charge on any atom is -0.480 e. The molecule has 0 unspecified atom stereocenters. The highest BCUT2D eigenvalue weighted by Crippen LogP contribution is 2.17. The van der Waals surface area contributed by atoms with Gasteiger partial charge in [0.15, 0.2) is 0 Å². The van der Waals surface area contributed by atoms with Crippen molar-refractivity contribution >= 4 is 29.7 Å². The van der Waals surface area contributed by atoms with Crippen LogP contribution >= 0.6 is 0 Å². The van der Waals surface area contributed by atoms with Crippen molar-refractivity contribution in [2.45, 2.75) is 6.92 Å². The highest BCUT2D eigenvalue weighted by molar-refractivity contribution is 6.29. The van der Waals surface area contributed by atoms with Crippen molar-refractivity contribution in [3.63, 3.8) is 0 Å². The van der Waals surface area contributed by atoms with Crippen LogP contribution in [0.3, 0.4) is 0 Å². The summed E-state index contributed by atoms with van der Waals surface area (Å²) in [5, 5.41) is 10.7. The fourth-order valence-corrected chi connectivity index (χ4v) is 1.53. The molecule has 0 saturated carbocycles. The highest BCUT2D eigenvalue weighted by atomic mass is 16.4. The number of carbonyl (C=O) groups is 5. The first-order valence-electron chi connectivity index (χ1n) is 5.25. The van der Waals surface area contributed by atoms with Crippen molar-refractivity contribution in [3.05, 3.63) is 16.6 Å². The number of barbiturate groups is 1. The molecule has 0 atom stereocenters. The standard InChI is InChI=1S/C10H9N3O7/c1-2-5-8(17)12(3-6(14)11-20)10(19)13(9(5)18)4-7(15)16/h2H,3-4H2,1H3,(H,15,16)/b5-2-. The van der Waals surface area contributed by atoms with Crippen LogP contribution in [-0.4, -0.2) is 57.7 Å². The van der Waals surface area contributed by atoms with Gasteiger partial charge in [-0.2, -0.15) is 0 Å². The maximum absolute atomic E-state index is 11.8. The lowest BCUT2D eigenvalue weighted by Gasteiger charge is -2.31. The van der Waals surface area contributed by atoms with Gasteiger partial charge >= 0.3 is 17.9 Å². The number of nitrogens with zero attached hydrogens (tertiary/aromatic N) is 3. The molecule has 20 heavy (non-hydrogen) atoms. The lowest BCUT2D eigenvalue weighted by molar-refractivity contribution is -0.145. The second-order valence-corrected chi connectivity index (χ2v) is 3.65. The van der Waals surface area contributed by atoms with Crippen LogP contribution in [0.4, 0.5) is 4.79 Å². The molecule has 1 N–H and O–H groups in total. The predicted octanol–water partition coefficient (Wildman–Crippen LogP) is -0.899. The first-order chi connectivity index (χ1) is 9.33. The Morgan fingerprint density at radius 1 is 1.15 bits per heavy atom. The minimum absolute atomic E-state index is 0.289. The van der Waals surface area contributed by atoms with E-state index < -0.39 is 48.4 Å². The molecule has 1 heterocycles. The molecule has 0 bridgehead atoms. The summed E-state index contributed by atoms with van der Waals surface area (Å²) in [6.45, 7) is -0.596. The van der Waals surface area contributed by atoms with E-state index in [9.17, 15) is 28.9 Å². The normalized spacial score (nSPS) is 17.6. The van der Waals surface area contributed by atoms with Gasteiger partial charge in [0.1, 0.15) is 18.7 Å². The van der Waals surface area contributed by atoms with Crippen LogP contribution in [0.5, 0.6) is 0 Å². The van der Waals surface area contributed by atoms with Crippen LogP contribution < -0.4 is 0 Å². The molecule has 1 saturated heterocycles. The Balaban J connectivity index is 3.17. The van der Waals surface area contributed by atoms with Gasteiger partial charge in [0.2, 0.25) is 0 Å². The zero-order valence-corrected chi connectivity index (χ0v) is 10.2. The molecule has 0 radical (unpaired) electrons. The number of hydrogen-bond donors (Lipinski definition) is 1. The summed E-state index contributed by atoms with van der Waals surface area (Å²) in [6, 6.07) is -1.29. The summed E-state index contributed by atoms with van der Waals surface area (Å²) in [6.07, 6.45) is 1.08. The number of aliphatic carboxylic acids is 1. The van der Waals surface area contributed by atoms with Gasteiger partial charge in [-0.3, -0.25) is 19.2 Å². The molecule has 1 rings (SSSR count). The van der Waals surface area contributed by atoms with E-state index in [0.717, 1.165) is 6.08 Å². The van der Waals surface area contributed by atoms with Crippen molar-refractivity contribution in [1.82, 2.24) is 9.80 Å². The van der Waals surface area contributed by atoms with E-state index in [1.165, 1.54) is 6.92 Å². The molecule has 5 amide bonds. The second kappa shape index (κ2) is 5.82. The molecule has 106 valence electrons. The molecule has 10 nitrogen and oxygen atoms in total. The summed E-state index contributed by atoms with van der Waals surface area (Å²) in [4.78, 5) is 67.5. The summed E-state index contributed by atoms with van der Waals surface area (Å²) in [5.74, 6) is -4.93. The lowest BCUT2D eigenvalue weighted by Crippen LogP contribution is -2.58. The van der Waals surface area contributed by atoms with E-state index in [2.05, 4.69) is 0 Å². The van der Waals surface area contributed by atoms with E-state index in [4.69, 9.17) is 5.11 Å². The van der Waals surface area contributed by atoms with Crippen LogP contribution in [0.25, 0.3) is 0 Å².